The van der Waals surface area contributed by atoms with E-state index in [4.69, 9.17) is 4.74 Å². The lowest BCUT2D eigenvalue weighted by molar-refractivity contribution is -0.139. The summed E-state index contributed by atoms with van der Waals surface area (Å²) < 4.78 is 7.09. The predicted octanol–water partition coefficient (Wildman–Crippen LogP) is 1.86. The number of amides is 2. The summed E-state index contributed by atoms with van der Waals surface area (Å²) in [6, 6.07) is -0.431. The topological polar surface area (TPSA) is 98.1 Å². The average molecular weight is 353 g/mol. The third-order valence-corrected chi connectivity index (χ3v) is 4.57. The van der Waals surface area contributed by atoms with Gasteiger partial charge in [-0.2, -0.15) is 0 Å². The van der Waals surface area contributed by atoms with Crippen molar-refractivity contribution in [3.05, 3.63) is 17.6 Å². The Kier molecular flexibility index (Phi) is 6.24. The molecule has 132 valence electrons. The molecule has 1 aliphatic heterocycles. The second-order valence-electron chi connectivity index (χ2n) is 5.58. The Labute approximate surface area is 145 Å². The normalized spacial score (nSPS) is 17.7. The predicted molar refractivity (Wildman–Crippen MR) is 90.5 cm³/mol. The number of carbonyl (C=O) groups excluding carboxylic acids is 2. The molecule has 0 spiro atoms. The molecule has 0 bridgehead atoms. The van der Waals surface area contributed by atoms with Gasteiger partial charge in [0.05, 0.1) is 18.2 Å². The van der Waals surface area contributed by atoms with Crippen LogP contribution in [0.25, 0.3) is 0 Å². The van der Waals surface area contributed by atoms with Crippen LogP contribution < -0.4 is 10.6 Å². The minimum atomic E-state index is -0.405. The maximum atomic E-state index is 12.3. The molecule has 1 aromatic rings. The molecule has 1 atom stereocenters. The Bertz CT molecular complexity index is 641. The molecule has 2 N–H and O–H groups in total. The minimum absolute atomic E-state index is 0.229. The van der Waals surface area contributed by atoms with E-state index < -0.39 is 5.97 Å². The number of rotatable bonds is 7. The van der Waals surface area contributed by atoms with Gasteiger partial charge in [0.1, 0.15) is 6.33 Å². The van der Waals surface area contributed by atoms with Crippen LogP contribution in [0.2, 0.25) is 0 Å². The number of ether oxygens (including phenoxy) is 1. The fourth-order valence-corrected chi connectivity index (χ4v) is 3.41. The average Bonchev–Trinajstić information content (AvgIpc) is 3.01. The molecule has 9 heteroatoms. The third-order valence-electron chi connectivity index (χ3n) is 3.59. The molecule has 24 heavy (non-hydrogen) atoms. The van der Waals surface area contributed by atoms with Gasteiger partial charge >= 0.3 is 12.0 Å². The molecule has 1 aromatic heterocycles. The van der Waals surface area contributed by atoms with Crippen LogP contribution in [0.5, 0.6) is 0 Å². The lowest BCUT2D eigenvalue weighted by Crippen LogP contribution is -2.50. The molecule has 2 heterocycles. The molecular formula is C15H23N5O3S. The molecule has 0 fully saturated rings. The van der Waals surface area contributed by atoms with Crippen LogP contribution in [-0.2, 0) is 9.53 Å². The third kappa shape index (κ3) is 4.08. The molecular weight excluding hydrogens is 330 g/mol. The van der Waals surface area contributed by atoms with E-state index in [1.54, 1.807) is 13.3 Å². The summed E-state index contributed by atoms with van der Waals surface area (Å²) >= 11 is 1.42. The van der Waals surface area contributed by atoms with Gasteiger partial charge in [-0.3, -0.25) is 0 Å². The number of hydrogen-bond acceptors (Lipinski definition) is 6. The van der Waals surface area contributed by atoms with Crippen molar-refractivity contribution in [2.45, 2.75) is 51.4 Å². The van der Waals surface area contributed by atoms with E-state index in [1.807, 2.05) is 25.3 Å². The van der Waals surface area contributed by atoms with Crippen LogP contribution in [0.1, 0.15) is 40.2 Å². The summed E-state index contributed by atoms with van der Waals surface area (Å²) in [6.45, 7) is 8.03. The Balaban J connectivity index is 2.25. The zero-order chi connectivity index (χ0) is 17.7. The number of thioether (sulfide) groups is 1. The van der Waals surface area contributed by atoms with E-state index >= 15 is 0 Å². The van der Waals surface area contributed by atoms with Crippen molar-refractivity contribution >= 4 is 23.8 Å². The lowest BCUT2D eigenvalue weighted by atomic mass is 10.0. The first-order chi connectivity index (χ1) is 11.5. The molecule has 2 rings (SSSR count). The van der Waals surface area contributed by atoms with Crippen molar-refractivity contribution in [2.24, 2.45) is 0 Å². The Morgan fingerprint density at radius 2 is 2.21 bits per heavy atom. The molecule has 0 aromatic carbocycles. The van der Waals surface area contributed by atoms with Gasteiger partial charge < -0.3 is 19.9 Å². The van der Waals surface area contributed by atoms with Crippen molar-refractivity contribution in [3.63, 3.8) is 0 Å². The fourth-order valence-electron chi connectivity index (χ4n) is 2.40. The van der Waals surface area contributed by atoms with E-state index in [9.17, 15) is 9.59 Å². The monoisotopic (exact) mass is 353 g/mol. The van der Waals surface area contributed by atoms with Crippen molar-refractivity contribution in [3.8, 4) is 0 Å². The smallest absolute Gasteiger partial charge is 0.337 e. The SMILES string of the molecule is CCOC(=O)C1=C(CSc2nncn2C(C)C)NC(=O)N[C@@H]1CC. The summed E-state index contributed by atoms with van der Waals surface area (Å²) in [5.74, 6) is 0.00139. The molecule has 0 unspecified atom stereocenters. The van der Waals surface area contributed by atoms with Crippen molar-refractivity contribution < 1.29 is 14.3 Å². The molecule has 0 radical (unpaired) electrons. The van der Waals surface area contributed by atoms with E-state index in [0.29, 0.717) is 23.4 Å². The van der Waals surface area contributed by atoms with Gasteiger partial charge in [0.2, 0.25) is 0 Å². The molecule has 0 saturated carbocycles. The number of carbonyl (C=O) groups is 2. The first kappa shape index (κ1) is 18.3. The van der Waals surface area contributed by atoms with E-state index in [-0.39, 0.29) is 24.7 Å². The van der Waals surface area contributed by atoms with E-state index in [0.717, 1.165) is 5.16 Å². The van der Waals surface area contributed by atoms with Crippen molar-refractivity contribution in [1.29, 1.82) is 0 Å². The molecule has 2 amide bonds. The standard InChI is InChI=1S/C15H23N5O3S/c1-5-10-12(13(21)23-6-2)11(18-14(22)17-10)7-24-15-19-16-8-20(15)9(3)4/h8-10H,5-7H2,1-4H3,(H2,17,18,22)/t10-/m1/s1. The van der Waals surface area contributed by atoms with Gasteiger partial charge in [0.15, 0.2) is 5.16 Å². The van der Waals surface area contributed by atoms with Gasteiger partial charge in [-0.05, 0) is 27.2 Å². The van der Waals surface area contributed by atoms with Crippen molar-refractivity contribution in [1.82, 2.24) is 25.4 Å². The van der Waals surface area contributed by atoms with Crippen LogP contribution in [-0.4, -0.2) is 45.2 Å². The molecule has 8 nitrogen and oxygen atoms in total. The maximum absolute atomic E-state index is 12.3. The number of hydrogen-bond donors (Lipinski definition) is 2. The summed E-state index contributed by atoms with van der Waals surface area (Å²) in [5.41, 5.74) is 1.04. The zero-order valence-corrected chi connectivity index (χ0v) is 15.1. The van der Waals surface area contributed by atoms with Crippen LogP contribution in [0.4, 0.5) is 4.79 Å². The highest BCUT2D eigenvalue weighted by molar-refractivity contribution is 7.99. The zero-order valence-electron chi connectivity index (χ0n) is 14.3. The van der Waals surface area contributed by atoms with Gasteiger partial charge in [-0.1, -0.05) is 18.7 Å². The van der Waals surface area contributed by atoms with Crippen LogP contribution in [0.15, 0.2) is 22.8 Å². The Morgan fingerprint density at radius 1 is 1.46 bits per heavy atom. The summed E-state index contributed by atoms with van der Waals surface area (Å²) in [6.07, 6.45) is 2.28. The highest BCUT2D eigenvalue weighted by atomic mass is 32.2. The number of nitrogens with one attached hydrogen (secondary N) is 2. The summed E-state index contributed by atoms with van der Waals surface area (Å²) in [4.78, 5) is 24.2. The number of nitrogens with zero attached hydrogens (tertiary/aromatic N) is 3. The van der Waals surface area contributed by atoms with Gasteiger partial charge in [0.25, 0.3) is 0 Å². The van der Waals surface area contributed by atoms with E-state index in [1.165, 1.54) is 11.8 Å². The lowest BCUT2D eigenvalue weighted by Gasteiger charge is -2.28. The van der Waals surface area contributed by atoms with Gasteiger partial charge in [0, 0.05) is 17.5 Å². The summed E-state index contributed by atoms with van der Waals surface area (Å²) in [7, 11) is 0. The molecule has 1 aliphatic rings. The number of esters is 1. The Morgan fingerprint density at radius 3 is 2.83 bits per heavy atom. The number of urea groups is 1. The quantitative estimate of drug-likeness (QED) is 0.573. The Hall–Kier alpha value is -2.03. The second kappa shape index (κ2) is 8.18. The maximum Gasteiger partial charge on any atom is 0.337 e. The highest BCUT2D eigenvalue weighted by Crippen LogP contribution is 2.25. The van der Waals surface area contributed by atoms with E-state index in [2.05, 4.69) is 20.8 Å². The number of aromatic nitrogens is 3. The highest BCUT2D eigenvalue weighted by Gasteiger charge is 2.31. The summed E-state index contributed by atoms with van der Waals surface area (Å²) in [5, 5.41) is 14.2. The van der Waals surface area contributed by atoms with Crippen LogP contribution in [0.3, 0.4) is 0 Å². The van der Waals surface area contributed by atoms with Crippen LogP contribution >= 0.6 is 11.8 Å². The van der Waals surface area contributed by atoms with Crippen molar-refractivity contribution in [2.75, 3.05) is 12.4 Å². The molecule has 0 saturated heterocycles. The fraction of sp³-hybridized carbons (Fsp3) is 0.600. The molecule has 0 aliphatic carbocycles. The first-order valence-corrected chi connectivity index (χ1v) is 8.96. The minimum Gasteiger partial charge on any atom is -0.463 e. The largest absolute Gasteiger partial charge is 0.463 e. The van der Waals surface area contributed by atoms with Gasteiger partial charge in [-0.15, -0.1) is 10.2 Å². The van der Waals surface area contributed by atoms with Crippen LogP contribution in [0, 0.1) is 0 Å². The second-order valence-corrected chi connectivity index (χ2v) is 6.52. The first-order valence-electron chi connectivity index (χ1n) is 7.97. The van der Waals surface area contributed by atoms with Gasteiger partial charge in [-0.25, -0.2) is 9.59 Å².